The third-order valence-corrected chi connectivity index (χ3v) is 5.57. The van der Waals surface area contributed by atoms with E-state index in [9.17, 15) is 26.3 Å². The zero-order valence-corrected chi connectivity index (χ0v) is 19.0. The van der Waals surface area contributed by atoms with Gasteiger partial charge in [0.2, 0.25) is 0 Å². The Bertz CT molecular complexity index is 812. The first-order chi connectivity index (χ1) is 16.8. The number of aromatic nitrogens is 1. The first-order valence-electron chi connectivity index (χ1n) is 11.0. The van der Waals surface area contributed by atoms with Crippen molar-refractivity contribution in [2.75, 3.05) is 39.4 Å². The first kappa shape index (κ1) is 29.7. The number of carbonyl (C=O) groups is 2. The Morgan fingerprint density at radius 3 is 2.17 bits per heavy atom. The minimum absolute atomic E-state index is 0.354. The SMILES string of the molecule is O=C(O)C(F)(F)F.O=C(O)C(F)(F)F.c1cncc(CN2C[C@@H]3OCCN(CC4CCCO4)[C@@H]3C2)c1. The fourth-order valence-electron chi connectivity index (χ4n) is 3.99. The molecule has 15 heteroatoms. The lowest BCUT2D eigenvalue weighted by Gasteiger charge is -2.38. The van der Waals surface area contributed by atoms with Crippen molar-refractivity contribution < 1.29 is 55.6 Å². The summed E-state index contributed by atoms with van der Waals surface area (Å²) in [4.78, 5) is 27.1. The van der Waals surface area contributed by atoms with Crippen LogP contribution in [0.25, 0.3) is 0 Å². The summed E-state index contributed by atoms with van der Waals surface area (Å²) in [6.07, 6.45) is -3.14. The lowest BCUT2D eigenvalue weighted by atomic mass is 10.1. The van der Waals surface area contributed by atoms with E-state index in [2.05, 4.69) is 20.9 Å². The van der Waals surface area contributed by atoms with Gasteiger partial charge in [0, 0.05) is 57.8 Å². The van der Waals surface area contributed by atoms with Crippen LogP contribution in [0.1, 0.15) is 18.4 Å². The summed E-state index contributed by atoms with van der Waals surface area (Å²) in [6.45, 7) is 7.00. The van der Waals surface area contributed by atoms with Crippen LogP contribution in [0.2, 0.25) is 0 Å². The van der Waals surface area contributed by atoms with Gasteiger partial charge in [-0.2, -0.15) is 26.3 Å². The summed E-state index contributed by atoms with van der Waals surface area (Å²) < 4.78 is 75.3. The minimum atomic E-state index is -5.08. The second-order valence-electron chi connectivity index (χ2n) is 8.27. The van der Waals surface area contributed by atoms with E-state index in [0.29, 0.717) is 18.2 Å². The molecule has 36 heavy (non-hydrogen) atoms. The molecular weight excluding hydrogens is 504 g/mol. The second kappa shape index (κ2) is 13.2. The van der Waals surface area contributed by atoms with Gasteiger partial charge < -0.3 is 19.7 Å². The van der Waals surface area contributed by atoms with Crippen LogP contribution < -0.4 is 0 Å². The highest BCUT2D eigenvalue weighted by molar-refractivity contribution is 5.73. The number of aliphatic carboxylic acids is 2. The van der Waals surface area contributed by atoms with Crippen LogP contribution in [-0.2, 0) is 25.6 Å². The lowest BCUT2D eigenvalue weighted by Crippen LogP contribution is -2.52. The molecule has 9 nitrogen and oxygen atoms in total. The van der Waals surface area contributed by atoms with Crippen molar-refractivity contribution in [3.05, 3.63) is 30.1 Å². The predicted molar refractivity (Wildman–Crippen MR) is 111 cm³/mol. The summed E-state index contributed by atoms with van der Waals surface area (Å²) in [6, 6.07) is 4.69. The maximum absolute atomic E-state index is 10.6. The van der Waals surface area contributed by atoms with E-state index in [4.69, 9.17) is 29.3 Å². The third-order valence-electron chi connectivity index (χ3n) is 5.57. The van der Waals surface area contributed by atoms with Gasteiger partial charge >= 0.3 is 24.3 Å². The van der Waals surface area contributed by atoms with E-state index in [1.807, 2.05) is 18.5 Å². The summed E-state index contributed by atoms with van der Waals surface area (Å²) in [5.41, 5.74) is 1.28. The number of hydrogen-bond donors (Lipinski definition) is 2. The average Bonchev–Trinajstić information content (AvgIpc) is 3.44. The van der Waals surface area contributed by atoms with Crippen LogP contribution in [0, 0.1) is 0 Å². The molecule has 4 heterocycles. The number of morpholine rings is 1. The Labute approximate surface area is 202 Å². The third kappa shape index (κ3) is 9.87. The van der Waals surface area contributed by atoms with Gasteiger partial charge in [-0.1, -0.05) is 6.07 Å². The topological polar surface area (TPSA) is 112 Å². The summed E-state index contributed by atoms with van der Waals surface area (Å²) in [5.74, 6) is -5.51. The number of hydrogen-bond acceptors (Lipinski definition) is 7. The number of alkyl halides is 6. The van der Waals surface area contributed by atoms with Crippen molar-refractivity contribution >= 4 is 11.9 Å². The Kier molecular flexibility index (Phi) is 10.9. The highest BCUT2D eigenvalue weighted by Crippen LogP contribution is 2.26. The number of carboxylic acid groups (broad SMARTS) is 2. The molecule has 3 aliphatic rings. The molecular formula is C21H27F6N3O6. The standard InChI is InChI=1S/C17H25N3O2.2C2HF3O2/c1-3-14(9-18-5-1)10-19-12-16-17(13-19)22-8-6-20(16)11-15-4-2-7-21-15;2*3-2(4,5)1(6)7/h1,3,5,9,15-17H,2,4,6-8,10-13H2;2*(H,6,7)/t15?,16-,17+;;/m1../s1. The molecule has 0 spiro atoms. The Hall–Kier alpha value is -2.49. The highest BCUT2D eigenvalue weighted by Gasteiger charge is 2.41. The average molecular weight is 531 g/mol. The maximum Gasteiger partial charge on any atom is 0.490 e. The van der Waals surface area contributed by atoms with Gasteiger partial charge in [0.1, 0.15) is 0 Å². The highest BCUT2D eigenvalue weighted by atomic mass is 19.4. The van der Waals surface area contributed by atoms with E-state index >= 15 is 0 Å². The van der Waals surface area contributed by atoms with E-state index in [-0.39, 0.29) is 0 Å². The zero-order chi connectivity index (χ0) is 26.9. The molecule has 3 atom stereocenters. The van der Waals surface area contributed by atoms with Crippen LogP contribution in [0.4, 0.5) is 26.3 Å². The maximum atomic E-state index is 10.6. The molecule has 1 unspecified atom stereocenters. The number of ether oxygens (including phenoxy) is 2. The molecule has 0 amide bonds. The molecule has 4 rings (SSSR count). The summed E-state index contributed by atoms with van der Waals surface area (Å²) in [5, 5.41) is 14.2. The molecule has 1 aromatic rings. The monoisotopic (exact) mass is 531 g/mol. The summed E-state index contributed by atoms with van der Waals surface area (Å²) in [7, 11) is 0. The van der Waals surface area contributed by atoms with Crippen molar-refractivity contribution in [2.45, 2.75) is 50.0 Å². The van der Waals surface area contributed by atoms with Crippen molar-refractivity contribution in [2.24, 2.45) is 0 Å². The van der Waals surface area contributed by atoms with Crippen molar-refractivity contribution in [3.8, 4) is 0 Å². The molecule has 2 N–H and O–H groups in total. The molecule has 1 aromatic heterocycles. The van der Waals surface area contributed by atoms with Gasteiger partial charge in [-0.3, -0.25) is 14.8 Å². The largest absolute Gasteiger partial charge is 0.490 e. The molecule has 3 fully saturated rings. The van der Waals surface area contributed by atoms with Crippen LogP contribution in [0.15, 0.2) is 24.5 Å². The van der Waals surface area contributed by atoms with Crippen LogP contribution >= 0.6 is 0 Å². The van der Waals surface area contributed by atoms with Gasteiger partial charge in [-0.25, -0.2) is 9.59 Å². The normalized spacial score (nSPS) is 24.7. The number of rotatable bonds is 4. The Balaban J connectivity index is 0.000000271. The molecule has 0 bridgehead atoms. The molecule has 3 aliphatic heterocycles. The van der Waals surface area contributed by atoms with Gasteiger partial charge in [-0.15, -0.1) is 0 Å². The number of nitrogens with zero attached hydrogens (tertiary/aromatic N) is 3. The number of carboxylic acids is 2. The van der Waals surface area contributed by atoms with Gasteiger partial charge in [0.15, 0.2) is 0 Å². The van der Waals surface area contributed by atoms with Crippen LogP contribution in [0.3, 0.4) is 0 Å². The Morgan fingerprint density at radius 1 is 1.03 bits per heavy atom. The predicted octanol–water partition coefficient (Wildman–Crippen LogP) is 2.41. The molecule has 0 radical (unpaired) electrons. The van der Waals surface area contributed by atoms with E-state index in [1.54, 1.807) is 0 Å². The first-order valence-corrected chi connectivity index (χ1v) is 11.0. The molecule has 204 valence electrons. The lowest BCUT2D eigenvalue weighted by molar-refractivity contribution is -0.193. The van der Waals surface area contributed by atoms with Gasteiger partial charge in [0.05, 0.1) is 18.8 Å². The number of fused-ring (bicyclic) bond motifs is 1. The van der Waals surface area contributed by atoms with E-state index < -0.39 is 24.3 Å². The molecule has 0 aromatic carbocycles. The van der Waals surface area contributed by atoms with Gasteiger partial charge in [0.25, 0.3) is 0 Å². The summed E-state index contributed by atoms with van der Waals surface area (Å²) >= 11 is 0. The molecule has 0 saturated carbocycles. The molecule has 3 saturated heterocycles. The van der Waals surface area contributed by atoms with Gasteiger partial charge in [-0.05, 0) is 24.5 Å². The quantitative estimate of drug-likeness (QED) is 0.566. The number of pyridine rings is 1. The number of likely N-dealkylation sites (tertiary alicyclic amines) is 1. The fraction of sp³-hybridized carbons (Fsp3) is 0.667. The number of halogens is 6. The van der Waals surface area contributed by atoms with Crippen molar-refractivity contribution in [1.82, 2.24) is 14.8 Å². The van der Waals surface area contributed by atoms with Crippen molar-refractivity contribution in [1.29, 1.82) is 0 Å². The van der Waals surface area contributed by atoms with Crippen LogP contribution in [0.5, 0.6) is 0 Å². The Morgan fingerprint density at radius 2 is 1.67 bits per heavy atom. The van der Waals surface area contributed by atoms with Crippen LogP contribution in [-0.4, -0.2) is 107 Å². The minimum Gasteiger partial charge on any atom is -0.475 e. The smallest absolute Gasteiger partial charge is 0.475 e. The second-order valence-corrected chi connectivity index (χ2v) is 8.27. The van der Waals surface area contributed by atoms with Crippen molar-refractivity contribution in [3.63, 3.8) is 0 Å². The van der Waals surface area contributed by atoms with E-state index in [1.165, 1.54) is 18.4 Å². The zero-order valence-electron chi connectivity index (χ0n) is 19.0. The fourth-order valence-corrected chi connectivity index (χ4v) is 3.99. The molecule has 0 aliphatic carbocycles. The van der Waals surface area contributed by atoms with E-state index in [0.717, 1.165) is 45.9 Å².